The van der Waals surface area contributed by atoms with E-state index in [1.165, 1.54) is 19.3 Å². The molecule has 1 aliphatic rings. The monoisotopic (exact) mass is 311 g/mol. The molecule has 0 aromatic heterocycles. The van der Waals surface area contributed by atoms with Crippen LogP contribution in [-0.2, 0) is 0 Å². The molecule has 1 heterocycles. The van der Waals surface area contributed by atoms with Crippen molar-refractivity contribution in [3.8, 4) is 11.5 Å². The summed E-state index contributed by atoms with van der Waals surface area (Å²) in [5.41, 5.74) is 3.97. The highest BCUT2D eigenvalue weighted by atomic mass is 35.5. The Hall–Kier alpha value is -1.75. The molecule has 116 valence electrons. The Morgan fingerprint density at radius 1 is 1.14 bits per heavy atom. The van der Waals surface area contributed by atoms with Gasteiger partial charge < -0.3 is 9.47 Å². The van der Waals surface area contributed by atoms with E-state index in [1.807, 2.05) is 18.2 Å². The highest BCUT2D eigenvalue weighted by molar-refractivity contribution is 5.86. The summed E-state index contributed by atoms with van der Waals surface area (Å²) < 4.78 is 10.5. The van der Waals surface area contributed by atoms with Crippen LogP contribution in [0, 0.1) is 0 Å². The van der Waals surface area contributed by atoms with Gasteiger partial charge in [0.25, 0.3) is 0 Å². The number of nitrogens with one attached hydrogen (secondary N) is 1. The zero-order valence-corrected chi connectivity index (χ0v) is 13.3. The predicted octanol–water partition coefficient (Wildman–Crippen LogP) is 3.02. The number of ether oxygens (including phenoxy) is 2. The molecule has 0 saturated heterocycles. The van der Waals surface area contributed by atoms with Gasteiger partial charge in [-0.3, -0.25) is 10.4 Å². The van der Waals surface area contributed by atoms with Crippen LogP contribution in [0.1, 0.15) is 31.2 Å². The fraction of sp³-hybridized carbons (Fsp3) is 0.467. The molecule has 6 heteroatoms. The van der Waals surface area contributed by atoms with E-state index >= 15 is 0 Å². The van der Waals surface area contributed by atoms with Gasteiger partial charge in [0.15, 0.2) is 11.5 Å². The Morgan fingerprint density at radius 3 is 2.71 bits per heavy atom. The van der Waals surface area contributed by atoms with Crippen LogP contribution < -0.4 is 14.9 Å². The number of hydrogen-bond acceptors (Lipinski definition) is 5. The number of halogens is 1. The van der Waals surface area contributed by atoms with Crippen LogP contribution in [0.15, 0.2) is 28.3 Å². The molecular formula is C15H22ClN3O2. The number of benzene rings is 1. The van der Waals surface area contributed by atoms with E-state index in [0.29, 0.717) is 11.5 Å². The first-order valence-corrected chi connectivity index (χ1v) is 6.88. The smallest absolute Gasteiger partial charge is 0.161 e. The van der Waals surface area contributed by atoms with Gasteiger partial charge >= 0.3 is 0 Å². The second-order valence-corrected chi connectivity index (χ2v) is 4.62. The van der Waals surface area contributed by atoms with E-state index in [0.717, 1.165) is 24.4 Å². The number of methoxy groups -OCH3 is 2. The standard InChI is InChI=1S/C15H21N3O2.ClH/c1-19-13-8-7-12(10-14(13)20-2)11-17-18-15-6-4-3-5-9-16-15;/h7-8,10-11H,3-6,9H2,1-2H3,(H,16,18);1H. The van der Waals surface area contributed by atoms with Crippen molar-refractivity contribution in [2.45, 2.75) is 25.7 Å². The molecular weight excluding hydrogens is 290 g/mol. The minimum absolute atomic E-state index is 0. The molecule has 0 radical (unpaired) electrons. The van der Waals surface area contributed by atoms with Gasteiger partial charge in [-0.05, 0) is 36.6 Å². The van der Waals surface area contributed by atoms with Crippen LogP contribution >= 0.6 is 12.4 Å². The largest absolute Gasteiger partial charge is 0.493 e. The number of aliphatic imine (C=N–C) groups is 1. The van der Waals surface area contributed by atoms with E-state index in [2.05, 4.69) is 15.5 Å². The normalized spacial score (nSPS) is 14.9. The maximum Gasteiger partial charge on any atom is 0.161 e. The van der Waals surface area contributed by atoms with E-state index in [-0.39, 0.29) is 12.4 Å². The zero-order chi connectivity index (χ0) is 14.2. The molecule has 0 aliphatic carbocycles. The van der Waals surface area contributed by atoms with Gasteiger partial charge in [0, 0.05) is 13.0 Å². The van der Waals surface area contributed by atoms with Crippen LogP contribution in [-0.4, -0.2) is 32.8 Å². The third kappa shape index (κ3) is 5.27. The minimum Gasteiger partial charge on any atom is -0.493 e. The summed E-state index contributed by atoms with van der Waals surface area (Å²) in [6.07, 6.45) is 6.33. The van der Waals surface area contributed by atoms with E-state index < -0.39 is 0 Å². The number of hydrogen-bond donors (Lipinski definition) is 1. The van der Waals surface area contributed by atoms with Gasteiger partial charge in [0.1, 0.15) is 5.84 Å². The lowest BCUT2D eigenvalue weighted by molar-refractivity contribution is 0.355. The summed E-state index contributed by atoms with van der Waals surface area (Å²) >= 11 is 0. The van der Waals surface area contributed by atoms with Gasteiger partial charge in [0.05, 0.1) is 20.4 Å². The molecule has 0 unspecified atom stereocenters. The first-order chi connectivity index (χ1) is 9.83. The minimum atomic E-state index is 0. The molecule has 0 atom stereocenters. The quantitative estimate of drug-likeness (QED) is 0.687. The molecule has 1 N–H and O–H groups in total. The molecule has 5 nitrogen and oxygen atoms in total. The Bertz CT molecular complexity index is 504. The van der Waals surface area contributed by atoms with Crippen LogP contribution in [0.3, 0.4) is 0 Å². The van der Waals surface area contributed by atoms with Crippen molar-refractivity contribution in [3.05, 3.63) is 23.8 Å². The average molecular weight is 312 g/mol. The lowest BCUT2D eigenvalue weighted by Gasteiger charge is -2.07. The maximum absolute atomic E-state index is 5.26. The lowest BCUT2D eigenvalue weighted by Crippen LogP contribution is -2.17. The second kappa shape index (κ2) is 9.23. The van der Waals surface area contributed by atoms with Crippen LogP contribution in [0.2, 0.25) is 0 Å². The topological polar surface area (TPSA) is 55.2 Å². The number of rotatable bonds is 4. The highest BCUT2D eigenvalue weighted by Crippen LogP contribution is 2.26. The first-order valence-electron chi connectivity index (χ1n) is 6.88. The van der Waals surface area contributed by atoms with Crippen molar-refractivity contribution in [3.63, 3.8) is 0 Å². The summed E-state index contributed by atoms with van der Waals surface area (Å²) in [5, 5.41) is 4.24. The van der Waals surface area contributed by atoms with Crippen molar-refractivity contribution in [2.24, 2.45) is 10.1 Å². The third-order valence-corrected chi connectivity index (χ3v) is 3.19. The van der Waals surface area contributed by atoms with Gasteiger partial charge in [-0.25, -0.2) is 0 Å². The van der Waals surface area contributed by atoms with Crippen LogP contribution in [0.5, 0.6) is 11.5 Å². The molecule has 0 saturated carbocycles. The number of nitrogens with zero attached hydrogens (tertiary/aromatic N) is 2. The maximum atomic E-state index is 5.26. The second-order valence-electron chi connectivity index (χ2n) is 4.62. The van der Waals surface area contributed by atoms with E-state index in [1.54, 1.807) is 20.4 Å². The van der Waals surface area contributed by atoms with Gasteiger partial charge in [-0.15, -0.1) is 12.4 Å². The summed E-state index contributed by atoms with van der Waals surface area (Å²) in [4.78, 5) is 4.46. The van der Waals surface area contributed by atoms with Crippen molar-refractivity contribution in [1.82, 2.24) is 5.43 Å². The average Bonchev–Trinajstić information content (AvgIpc) is 2.76. The summed E-state index contributed by atoms with van der Waals surface area (Å²) in [5.74, 6) is 2.38. The van der Waals surface area contributed by atoms with Gasteiger partial charge in [0.2, 0.25) is 0 Å². The van der Waals surface area contributed by atoms with Crippen molar-refractivity contribution in [1.29, 1.82) is 0 Å². The van der Waals surface area contributed by atoms with Crippen molar-refractivity contribution in [2.75, 3.05) is 20.8 Å². The molecule has 1 aromatic carbocycles. The van der Waals surface area contributed by atoms with Crippen LogP contribution in [0.25, 0.3) is 0 Å². The number of hydrazone groups is 1. The molecule has 1 aromatic rings. The fourth-order valence-electron chi connectivity index (χ4n) is 2.08. The molecule has 21 heavy (non-hydrogen) atoms. The summed E-state index contributed by atoms with van der Waals surface area (Å²) in [7, 11) is 3.24. The molecule has 0 fully saturated rings. The Kier molecular flexibility index (Phi) is 7.61. The number of amidine groups is 1. The van der Waals surface area contributed by atoms with Crippen molar-refractivity contribution >= 4 is 24.5 Å². The predicted molar refractivity (Wildman–Crippen MR) is 88.3 cm³/mol. The van der Waals surface area contributed by atoms with E-state index in [4.69, 9.17) is 9.47 Å². The third-order valence-electron chi connectivity index (χ3n) is 3.19. The molecule has 1 aliphatic heterocycles. The summed E-state index contributed by atoms with van der Waals surface area (Å²) in [6.45, 7) is 0.897. The van der Waals surface area contributed by atoms with Crippen LogP contribution in [0.4, 0.5) is 0 Å². The van der Waals surface area contributed by atoms with Gasteiger partial charge in [-0.2, -0.15) is 5.10 Å². The van der Waals surface area contributed by atoms with Gasteiger partial charge in [-0.1, -0.05) is 6.42 Å². The molecule has 2 rings (SSSR count). The molecule has 0 spiro atoms. The highest BCUT2D eigenvalue weighted by Gasteiger charge is 2.04. The molecule has 0 bridgehead atoms. The molecule has 0 amide bonds. The lowest BCUT2D eigenvalue weighted by atomic mass is 10.2. The van der Waals surface area contributed by atoms with Crippen molar-refractivity contribution < 1.29 is 9.47 Å². The SMILES string of the molecule is COc1ccc(C=NNC2=NCCCCC2)cc1OC.Cl. The van der Waals surface area contributed by atoms with E-state index in [9.17, 15) is 0 Å². The Labute approximate surface area is 131 Å². The summed E-state index contributed by atoms with van der Waals surface area (Å²) in [6, 6.07) is 5.68. The Morgan fingerprint density at radius 2 is 1.95 bits per heavy atom. The Balaban J connectivity index is 0.00000220. The fourth-order valence-corrected chi connectivity index (χ4v) is 2.08. The zero-order valence-electron chi connectivity index (χ0n) is 12.5. The first kappa shape index (κ1) is 17.3.